The van der Waals surface area contributed by atoms with E-state index in [1.54, 1.807) is 12.3 Å². The number of thiophene rings is 1. The fourth-order valence-corrected chi connectivity index (χ4v) is 2.46. The second kappa shape index (κ2) is 7.07. The number of halogens is 1. The molecule has 0 saturated carbocycles. The number of nitrogens with one attached hydrogen (secondary N) is 1. The molecule has 0 aliphatic carbocycles. The number of carbonyl (C=O) groups is 1. The molecule has 2 rings (SSSR count). The fourth-order valence-electron chi connectivity index (χ4n) is 1.52. The molecule has 0 saturated heterocycles. The minimum absolute atomic E-state index is 0.0947. The van der Waals surface area contributed by atoms with Crippen LogP contribution in [0.3, 0.4) is 0 Å². The van der Waals surface area contributed by atoms with Gasteiger partial charge in [-0.1, -0.05) is 41.9 Å². The standard InChI is InChI=1S/C14H13ClN2OS/c15-13-8-7-12(19-13)10-16-17-14(18)9-6-11-4-2-1-3-5-11/h1-5,7-8,10H,6,9H2,(H,17,18). The van der Waals surface area contributed by atoms with Crippen LogP contribution in [0.25, 0.3) is 0 Å². The van der Waals surface area contributed by atoms with Gasteiger partial charge in [0.2, 0.25) is 5.91 Å². The summed E-state index contributed by atoms with van der Waals surface area (Å²) in [4.78, 5) is 12.5. The van der Waals surface area contributed by atoms with Crippen LogP contribution in [0.2, 0.25) is 4.34 Å². The summed E-state index contributed by atoms with van der Waals surface area (Å²) in [7, 11) is 0. The van der Waals surface area contributed by atoms with Gasteiger partial charge in [-0.15, -0.1) is 11.3 Å². The lowest BCUT2D eigenvalue weighted by Gasteiger charge is -2.00. The number of benzene rings is 1. The summed E-state index contributed by atoms with van der Waals surface area (Å²) in [6.07, 6.45) is 2.73. The number of carbonyl (C=O) groups excluding carboxylic acids is 1. The number of aryl methyl sites for hydroxylation is 1. The smallest absolute Gasteiger partial charge is 0.240 e. The van der Waals surface area contributed by atoms with Crippen LogP contribution in [0.4, 0.5) is 0 Å². The van der Waals surface area contributed by atoms with Crippen LogP contribution in [0.5, 0.6) is 0 Å². The molecule has 1 amide bonds. The van der Waals surface area contributed by atoms with E-state index in [1.165, 1.54) is 11.3 Å². The van der Waals surface area contributed by atoms with Gasteiger partial charge in [0.25, 0.3) is 0 Å². The Morgan fingerprint density at radius 1 is 1.26 bits per heavy atom. The first-order valence-electron chi connectivity index (χ1n) is 5.85. The Bertz CT molecular complexity index is 566. The lowest BCUT2D eigenvalue weighted by Crippen LogP contribution is -2.17. The van der Waals surface area contributed by atoms with E-state index in [1.807, 2.05) is 36.4 Å². The van der Waals surface area contributed by atoms with Crippen molar-refractivity contribution in [2.45, 2.75) is 12.8 Å². The fraction of sp³-hybridized carbons (Fsp3) is 0.143. The van der Waals surface area contributed by atoms with E-state index in [9.17, 15) is 4.79 Å². The minimum Gasteiger partial charge on any atom is -0.273 e. The van der Waals surface area contributed by atoms with Gasteiger partial charge in [0, 0.05) is 11.3 Å². The topological polar surface area (TPSA) is 41.5 Å². The number of hydrazone groups is 1. The molecule has 0 radical (unpaired) electrons. The number of nitrogens with zero attached hydrogens (tertiary/aromatic N) is 1. The number of hydrogen-bond acceptors (Lipinski definition) is 3. The van der Waals surface area contributed by atoms with Crippen molar-refractivity contribution in [1.82, 2.24) is 5.43 Å². The van der Waals surface area contributed by atoms with Crippen molar-refractivity contribution in [3.05, 3.63) is 57.2 Å². The van der Waals surface area contributed by atoms with E-state index in [4.69, 9.17) is 11.6 Å². The van der Waals surface area contributed by atoms with E-state index < -0.39 is 0 Å². The summed E-state index contributed by atoms with van der Waals surface area (Å²) < 4.78 is 0.705. The molecule has 19 heavy (non-hydrogen) atoms. The predicted octanol–water partition coefficient (Wildman–Crippen LogP) is 3.48. The Balaban J connectivity index is 1.74. The van der Waals surface area contributed by atoms with Crippen LogP contribution in [0.15, 0.2) is 47.6 Å². The van der Waals surface area contributed by atoms with Crippen LogP contribution in [-0.2, 0) is 11.2 Å². The van der Waals surface area contributed by atoms with Gasteiger partial charge in [0.1, 0.15) is 0 Å². The minimum atomic E-state index is -0.0947. The van der Waals surface area contributed by atoms with Gasteiger partial charge < -0.3 is 0 Å². The summed E-state index contributed by atoms with van der Waals surface area (Å²) in [5, 5.41) is 3.89. The molecule has 0 aliphatic heterocycles. The quantitative estimate of drug-likeness (QED) is 0.665. The normalized spacial score (nSPS) is 10.8. The van der Waals surface area contributed by atoms with Crippen molar-refractivity contribution >= 4 is 35.1 Å². The summed E-state index contributed by atoms with van der Waals surface area (Å²) in [5.41, 5.74) is 3.65. The number of amides is 1. The summed E-state index contributed by atoms with van der Waals surface area (Å²) in [5.74, 6) is -0.0947. The Kier molecular flexibility index (Phi) is 5.12. The molecule has 0 bridgehead atoms. The van der Waals surface area contributed by atoms with Crippen molar-refractivity contribution in [1.29, 1.82) is 0 Å². The Morgan fingerprint density at radius 3 is 2.74 bits per heavy atom. The zero-order valence-corrected chi connectivity index (χ0v) is 11.7. The van der Waals surface area contributed by atoms with Gasteiger partial charge in [0.05, 0.1) is 10.6 Å². The zero-order valence-electron chi connectivity index (χ0n) is 10.2. The molecule has 1 heterocycles. The lowest BCUT2D eigenvalue weighted by atomic mass is 10.1. The molecule has 0 fully saturated rings. The average molecular weight is 293 g/mol. The largest absolute Gasteiger partial charge is 0.273 e. The second-order valence-corrected chi connectivity index (χ2v) is 5.67. The van der Waals surface area contributed by atoms with Gasteiger partial charge in [-0.2, -0.15) is 5.10 Å². The Labute approximate surface area is 120 Å². The Morgan fingerprint density at radius 2 is 2.05 bits per heavy atom. The maximum atomic E-state index is 11.6. The van der Waals surface area contributed by atoms with Crippen molar-refractivity contribution in [2.75, 3.05) is 0 Å². The van der Waals surface area contributed by atoms with E-state index in [0.29, 0.717) is 17.2 Å². The molecule has 3 nitrogen and oxygen atoms in total. The monoisotopic (exact) mass is 292 g/mol. The van der Waals surface area contributed by atoms with E-state index in [-0.39, 0.29) is 5.91 Å². The zero-order chi connectivity index (χ0) is 13.5. The molecule has 0 atom stereocenters. The van der Waals surface area contributed by atoms with Crippen molar-refractivity contribution in [3.8, 4) is 0 Å². The molecular formula is C14H13ClN2OS. The summed E-state index contributed by atoms with van der Waals surface area (Å²) in [6, 6.07) is 13.5. The van der Waals surface area contributed by atoms with Crippen LogP contribution in [0, 0.1) is 0 Å². The van der Waals surface area contributed by atoms with Crippen molar-refractivity contribution in [3.63, 3.8) is 0 Å². The van der Waals surface area contributed by atoms with Crippen LogP contribution < -0.4 is 5.43 Å². The lowest BCUT2D eigenvalue weighted by molar-refractivity contribution is -0.121. The van der Waals surface area contributed by atoms with E-state index in [2.05, 4.69) is 10.5 Å². The van der Waals surface area contributed by atoms with Gasteiger partial charge in [-0.25, -0.2) is 5.43 Å². The maximum absolute atomic E-state index is 11.6. The third-order valence-electron chi connectivity index (χ3n) is 2.46. The van der Waals surface area contributed by atoms with Crippen molar-refractivity contribution in [2.24, 2.45) is 5.10 Å². The first-order chi connectivity index (χ1) is 9.24. The molecule has 98 valence electrons. The molecule has 0 unspecified atom stereocenters. The molecule has 1 aromatic heterocycles. The molecule has 5 heteroatoms. The highest BCUT2D eigenvalue weighted by Crippen LogP contribution is 2.19. The van der Waals surface area contributed by atoms with E-state index in [0.717, 1.165) is 10.4 Å². The van der Waals surface area contributed by atoms with Crippen LogP contribution >= 0.6 is 22.9 Å². The van der Waals surface area contributed by atoms with Gasteiger partial charge in [-0.05, 0) is 24.1 Å². The number of rotatable bonds is 5. The van der Waals surface area contributed by atoms with Crippen molar-refractivity contribution < 1.29 is 4.79 Å². The van der Waals surface area contributed by atoms with Crippen LogP contribution in [-0.4, -0.2) is 12.1 Å². The summed E-state index contributed by atoms with van der Waals surface area (Å²) in [6.45, 7) is 0. The highest BCUT2D eigenvalue weighted by atomic mass is 35.5. The number of hydrogen-bond donors (Lipinski definition) is 1. The van der Waals surface area contributed by atoms with Crippen LogP contribution in [0.1, 0.15) is 16.9 Å². The first-order valence-corrected chi connectivity index (χ1v) is 7.04. The predicted molar refractivity (Wildman–Crippen MR) is 79.8 cm³/mol. The highest BCUT2D eigenvalue weighted by Gasteiger charge is 2.00. The van der Waals surface area contributed by atoms with E-state index >= 15 is 0 Å². The molecule has 1 aromatic carbocycles. The second-order valence-electron chi connectivity index (χ2n) is 3.92. The SMILES string of the molecule is O=C(CCc1ccccc1)NN=Cc1ccc(Cl)s1. The molecule has 0 spiro atoms. The Hall–Kier alpha value is -1.65. The van der Waals surface area contributed by atoms with Gasteiger partial charge in [0.15, 0.2) is 0 Å². The molecule has 1 N–H and O–H groups in total. The molecule has 0 aliphatic rings. The molecule has 2 aromatic rings. The highest BCUT2D eigenvalue weighted by molar-refractivity contribution is 7.17. The first kappa shape index (κ1) is 13.8. The summed E-state index contributed by atoms with van der Waals surface area (Å²) >= 11 is 7.20. The molecular weight excluding hydrogens is 280 g/mol. The van der Waals surface area contributed by atoms with Gasteiger partial charge in [-0.3, -0.25) is 4.79 Å². The average Bonchev–Trinajstić information content (AvgIpc) is 2.83. The third-order valence-corrected chi connectivity index (χ3v) is 3.62. The third kappa shape index (κ3) is 4.85. The maximum Gasteiger partial charge on any atom is 0.240 e. The van der Waals surface area contributed by atoms with Gasteiger partial charge >= 0.3 is 0 Å².